The van der Waals surface area contributed by atoms with Crippen LogP contribution in [-0.2, 0) is 7.05 Å². The number of nitro benzene ring substituents is 1. The first-order chi connectivity index (χ1) is 13.9. The molecular formula is C21H17N5O3. The number of benzene rings is 2. The van der Waals surface area contributed by atoms with E-state index in [4.69, 9.17) is 0 Å². The van der Waals surface area contributed by atoms with Crippen LogP contribution in [0, 0.1) is 17.0 Å². The van der Waals surface area contributed by atoms with Crippen LogP contribution in [0.2, 0.25) is 0 Å². The fourth-order valence-corrected chi connectivity index (χ4v) is 3.28. The van der Waals surface area contributed by atoms with Crippen LogP contribution in [0.1, 0.15) is 16.1 Å². The van der Waals surface area contributed by atoms with Gasteiger partial charge in [0.15, 0.2) is 0 Å². The number of aromatic nitrogens is 3. The Balaban J connectivity index is 1.83. The van der Waals surface area contributed by atoms with Crippen molar-refractivity contribution in [3.63, 3.8) is 0 Å². The Labute approximate surface area is 166 Å². The molecule has 2 heterocycles. The lowest BCUT2D eigenvalue weighted by Crippen LogP contribution is -2.14. The molecule has 0 atom stereocenters. The molecule has 0 fully saturated rings. The van der Waals surface area contributed by atoms with Crippen molar-refractivity contribution in [1.82, 2.24) is 14.8 Å². The molecule has 8 nitrogen and oxygen atoms in total. The largest absolute Gasteiger partial charge is 0.316 e. The molecule has 1 N–H and O–H groups in total. The first kappa shape index (κ1) is 18.3. The smallest absolute Gasteiger partial charge is 0.292 e. The number of hydrogen-bond acceptors (Lipinski definition) is 5. The van der Waals surface area contributed by atoms with Gasteiger partial charge in [0.25, 0.3) is 11.6 Å². The molecule has 4 aromatic rings. The molecule has 2 aromatic carbocycles. The fraction of sp³-hybridized carbons (Fsp3) is 0.0952. The van der Waals surface area contributed by atoms with Crippen molar-refractivity contribution in [2.75, 3.05) is 5.32 Å². The van der Waals surface area contributed by atoms with Crippen molar-refractivity contribution in [3.05, 3.63) is 82.2 Å². The van der Waals surface area contributed by atoms with Gasteiger partial charge in [-0.1, -0.05) is 30.3 Å². The summed E-state index contributed by atoms with van der Waals surface area (Å²) in [7, 11) is 1.82. The van der Waals surface area contributed by atoms with E-state index in [0.717, 1.165) is 11.3 Å². The van der Waals surface area contributed by atoms with Crippen LogP contribution >= 0.6 is 0 Å². The number of nitrogens with zero attached hydrogens (tertiary/aromatic N) is 4. The van der Waals surface area contributed by atoms with Gasteiger partial charge in [0.05, 0.1) is 27.4 Å². The number of amides is 1. The SMILES string of the molecule is Cc1nn(C)cc1-c1cc(C(=O)Nc2ccccc2[N+](=O)[O-])c2ccccc2n1. The lowest BCUT2D eigenvalue weighted by atomic mass is 10.0. The Morgan fingerprint density at radius 2 is 1.86 bits per heavy atom. The van der Waals surface area contributed by atoms with E-state index in [-0.39, 0.29) is 11.4 Å². The number of pyridine rings is 1. The Hall–Kier alpha value is -4.07. The summed E-state index contributed by atoms with van der Waals surface area (Å²) in [6, 6.07) is 15.0. The zero-order valence-corrected chi connectivity index (χ0v) is 15.8. The van der Waals surface area contributed by atoms with E-state index in [2.05, 4.69) is 15.4 Å². The predicted octanol–water partition coefficient (Wildman–Crippen LogP) is 4.10. The van der Waals surface area contributed by atoms with Gasteiger partial charge < -0.3 is 5.32 Å². The second kappa shape index (κ2) is 7.16. The van der Waals surface area contributed by atoms with Crippen LogP contribution in [-0.4, -0.2) is 25.6 Å². The van der Waals surface area contributed by atoms with Gasteiger partial charge in [0.1, 0.15) is 5.69 Å². The highest BCUT2D eigenvalue weighted by Crippen LogP contribution is 2.29. The summed E-state index contributed by atoms with van der Waals surface area (Å²) in [5, 5.41) is 18.9. The fourth-order valence-electron chi connectivity index (χ4n) is 3.28. The Morgan fingerprint density at radius 1 is 1.14 bits per heavy atom. The van der Waals surface area contributed by atoms with E-state index in [1.807, 2.05) is 38.4 Å². The Kier molecular flexibility index (Phi) is 4.52. The highest BCUT2D eigenvalue weighted by molar-refractivity contribution is 6.13. The van der Waals surface area contributed by atoms with Crippen LogP contribution in [0.15, 0.2) is 60.8 Å². The van der Waals surface area contributed by atoms with Crippen molar-refractivity contribution < 1.29 is 9.72 Å². The van der Waals surface area contributed by atoms with Gasteiger partial charge >= 0.3 is 0 Å². The summed E-state index contributed by atoms with van der Waals surface area (Å²) >= 11 is 0. The van der Waals surface area contributed by atoms with E-state index in [9.17, 15) is 14.9 Å². The minimum Gasteiger partial charge on any atom is -0.316 e. The van der Waals surface area contributed by atoms with Crippen LogP contribution < -0.4 is 5.32 Å². The van der Waals surface area contributed by atoms with E-state index < -0.39 is 10.8 Å². The van der Waals surface area contributed by atoms with E-state index in [1.54, 1.807) is 28.9 Å². The van der Waals surface area contributed by atoms with Crippen molar-refractivity contribution >= 4 is 28.2 Å². The number of nitro groups is 1. The monoisotopic (exact) mass is 387 g/mol. The molecule has 0 saturated heterocycles. The van der Waals surface area contributed by atoms with E-state index in [1.165, 1.54) is 12.1 Å². The number of carbonyl (C=O) groups is 1. The molecule has 0 aliphatic carbocycles. The molecule has 1 amide bonds. The Morgan fingerprint density at radius 3 is 2.59 bits per heavy atom. The normalized spacial score (nSPS) is 10.8. The molecule has 0 saturated carbocycles. The van der Waals surface area contributed by atoms with E-state index in [0.29, 0.717) is 22.2 Å². The quantitative estimate of drug-likeness (QED) is 0.419. The highest BCUT2D eigenvalue weighted by Gasteiger charge is 2.19. The number of hydrogen-bond donors (Lipinski definition) is 1. The molecular weight excluding hydrogens is 370 g/mol. The molecule has 144 valence electrons. The molecule has 8 heteroatoms. The summed E-state index contributed by atoms with van der Waals surface area (Å²) in [5.41, 5.74) is 3.23. The standard InChI is InChI=1S/C21H17N5O3/c1-13-16(12-25(2)24-13)19-11-15(14-7-3-4-8-17(14)22-19)21(27)23-18-9-5-6-10-20(18)26(28)29/h3-12H,1-2H3,(H,23,27). The van der Waals surface area contributed by atoms with Gasteiger partial charge in [0.2, 0.25) is 0 Å². The average Bonchev–Trinajstić information content (AvgIpc) is 3.05. The third-order valence-corrected chi connectivity index (χ3v) is 4.60. The number of para-hydroxylation sites is 3. The van der Waals surface area contributed by atoms with Crippen molar-refractivity contribution in [3.8, 4) is 11.3 Å². The minimum atomic E-state index is -0.523. The van der Waals surface area contributed by atoms with Gasteiger partial charge in [0, 0.05) is 30.3 Å². The third-order valence-electron chi connectivity index (χ3n) is 4.60. The number of carbonyl (C=O) groups excluding carboxylic acids is 1. The molecule has 2 aromatic heterocycles. The summed E-state index contributed by atoms with van der Waals surface area (Å²) in [6.07, 6.45) is 1.84. The minimum absolute atomic E-state index is 0.141. The molecule has 0 radical (unpaired) electrons. The molecule has 4 rings (SSSR count). The molecule has 0 bridgehead atoms. The lowest BCUT2D eigenvalue weighted by Gasteiger charge is -2.10. The van der Waals surface area contributed by atoms with Crippen molar-refractivity contribution in [2.24, 2.45) is 7.05 Å². The number of aryl methyl sites for hydroxylation is 2. The third kappa shape index (κ3) is 3.43. The summed E-state index contributed by atoms with van der Waals surface area (Å²) in [4.78, 5) is 28.5. The van der Waals surface area contributed by atoms with Crippen molar-refractivity contribution in [2.45, 2.75) is 6.92 Å². The van der Waals surface area contributed by atoms with Gasteiger partial charge in [-0.2, -0.15) is 5.10 Å². The molecule has 0 spiro atoms. The summed E-state index contributed by atoms with van der Waals surface area (Å²) < 4.78 is 1.69. The van der Waals surface area contributed by atoms with Crippen LogP contribution in [0.5, 0.6) is 0 Å². The number of rotatable bonds is 4. The Bertz CT molecular complexity index is 1260. The maximum atomic E-state index is 13.1. The molecule has 29 heavy (non-hydrogen) atoms. The van der Waals surface area contributed by atoms with Gasteiger partial charge in [-0.25, -0.2) is 4.98 Å². The van der Waals surface area contributed by atoms with Crippen LogP contribution in [0.4, 0.5) is 11.4 Å². The van der Waals surface area contributed by atoms with Gasteiger partial charge in [-0.15, -0.1) is 0 Å². The second-order valence-electron chi connectivity index (χ2n) is 6.60. The number of fused-ring (bicyclic) bond motifs is 1. The first-order valence-corrected chi connectivity index (χ1v) is 8.89. The molecule has 0 unspecified atom stereocenters. The van der Waals surface area contributed by atoms with Crippen molar-refractivity contribution in [1.29, 1.82) is 0 Å². The second-order valence-corrected chi connectivity index (χ2v) is 6.60. The van der Waals surface area contributed by atoms with E-state index >= 15 is 0 Å². The average molecular weight is 387 g/mol. The predicted molar refractivity (Wildman–Crippen MR) is 110 cm³/mol. The maximum absolute atomic E-state index is 13.1. The molecule has 0 aliphatic rings. The first-order valence-electron chi connectivity index (χ1n) is 8.89. The van der Waals surface area contributed by atoms with Gasteiger partial charge in [-0.3, -0.25) is 19.6 Å². The van der Waals surface area contributed by atoms with Gasteiger partial charge in [-0.05, 0) is 25.1 Å². The molecule has 0 aliphatic heterocycles. The summed E-state index contributed by atoms with van der Waals surface area (Å²) in [5.74, 6) is -0.444. The number of anilines is 1. The lowest BCUT2D eigenvalue weighted by molar-refractivity contribution is -0.383. The zero-order valence-electron chi connectivity index (χ0n) is 15.8. The number of nitrogens with one attached hydrogen (secondary N) is 1. The topological polar surface area (TPSA) is 103 Å². The highest BCUT2D eigenvalue weighted by atomic mass is 16.6. The zero-order chi connectivity index (χ0) is 20.5. The maximum Gasteiger partial charge on any atom is 0.292 e. The van der Waals surface area contributed by atoms with Crippen LogP contribution in [0.25, 0.3) is 22.2 Å². The van der Waals surface area contributed by atoms with Crippen LogP contribution in [0.3, 0.4) is 0 Å². The summed E-state index contributed by atoms with van der Waals surface area (Å²) in [6.45, 7) is 1.87.